The molecule has 1 aromatic carbocycles. The number of imidazole rings is 1. The molecule has 0 aliphatic carbocycles. The SMILES string of the molecule is COC1[C@@H](N)[C@@H](COC(C)N(C(C)C)C(C)C)O[C@H]1n1cnc2c(NC(=O)c3ccccc3)ncnc21. The first kappa shape index (κ1) is 27.1. The van der Waals surface area contributed by atoms with E-state index in [1.165, 1.54) is 6.33 Å². The zero-order valence-electron chi connectivity index (χ0n) is 22.2. The van der Waals surface area contributed by atoms with Crippen LogP contribution in [0, 0.1) is 0 Å². The zero-order valence-corrected chi connectivity index (χ0v) is 22.2. The number of anilines is 1. The Labute approximate surface area is 217 Å². The Morgan fingerprint density at radius 3 is 2.49 bits per heavy atom. The molecule has 3 N–H and O–H groups in total. The van der Waals surface area contributed by atoms with Gasteiger partial charge in [0.2, 0.25) is 0 Å². The van der Waals surface area contributed by atoms with Crippen molar-refractivity contribution in [3.8, 4) is 0 Å². The van der Waals surface area contributed by atoms with E-state index in [-0.39, 0.29) is 12.1 Å². The van der Waals surface area contributed by atoms with Crippen LogP contribution in [0.15, 0.2) is 43.0 Å². The predicted octanol–water partition coefficient (Wildman–Crippen LogP) is 2.80. The molecule has 1 fully saturated rings. The summed E-state index contributed by atoms with van der Waals surface area (Å²) in [5, 5.41) is 2.82. The number of nitrogens with two attached hydrogens (primary N) is 1. The summed E-state index contributed by atoms with van der Waals surface area (Å²) in [5.41, 5.74) is 8.01. The molecule has 2 unspecified atom stereocenters. The van der Waals surface area contributed by atoms with E-state index in [0.717, 1.165) is 0 Å². The number of hydrogen-bond acceptors (Lipinski definition) is 9. The quantitative estimate of drug-likeness (QED) is 0.395. The highest BCUT2D eigenvalue weighted by molar-refractivity contribution is 6.06. The molecule has 1 aliphatic heterocycles. The van der Waals surface area contributed by atoms with E-state index < -0.39 is 24.5 Å². The summed E-state index contributed by atoms with van der Waals surface area (Å²) < 4.78 is 20.1. The Morgan fingerprint density at radius 2 is 1.84 bits per heavy atom. The third-order valence-electron chi connectivity index (χ3n) is 6.69. The van der Waals surface area contributed by atoms with Gasteiger partial charge < -0.3 is 25.3 Å². The van der Waals surface area contributed by atoms with Crippen LogP contribution in [0.2, 0.25) is 0 Å². The maximum absolute atomic E-state index is 12.7. The summed E-state index contributed by atoms with van der Waals surface area (Å²) in [4.78, 5) is 28.1. The molecule has 11 heteroatoms. The third kappa shape index (κ3) is 5.65. The fraction of sp³-hybridized carbons (Fsp3) is 0.538. The number of carbonyl (C=O) groups is 1. The number of amides is 1. The maximum atomic E-state index is 12.7. The minimum Gasteiger partial charge on any atom is -0.375 e. The van der Waals surface area contributed by atoms with Crippen LogP contribution in [0.4, 0.5) is 5.82 Å². The van der Waals surface area contributed by atoms with E-state index >= 15 is 0 Å². The maximum Gasteiger partial charge on any atom is 0.256 e. The fourth-order valence-electron chi connectivity index (χ4n) is 5.05. The number of benzene rings is 1. The van der Waals surface area contributed by atoms with Gasteiger partial charge in [0.05, 0.1) is 19.0 Å². The second-order valence-electron chi connectivity index (χ2n) is 9.78. The van der Waals surface area contributed by atoms with E-state index in [1.54, 1.807) is 42.3 Å². The van der Waals surface area contributed by atoms with Crippen molar-refractivity contribution in [1.82, 2.24) is 24.4 Å². The summed E-state index contributed by atoms with van der Waals surface area (Å²) in [7, 11) is 1.60. The molecule has 1 aliphatic rings. The molecule has 0 bridgehead atoms. The van der Waals surface area contributed by atoms with Gasteiger partial charge in [0, 0.05) is 24.8 Å². The molecule has 0 saturated carbocycles. The lowest BCUT2D eigenvalue weighted by Crippen LogP contribution is -2.47. The van der Waals surface area contributed by atoms with Crippen LogP contribution in [-0.2, 0) is 14.2 Å². The Balaban J connectivity index is 1.52. The molecule has 1 amide bonds. The van der Waals surface area contributed by atoms with Gasteiger partial charge in [-0.15, -0.1) is 0 Å². The highest BCUT2D eigenvalue weighted by atomic mass is 16.6. The van der Waals surface area contributed by atoms with E-state index in [2.05, 4.69) is 52.9 Å². The first-order valence-electron chi connectivity index (χ1n) is 12.6. The van der Waals surface area contributed by atoms with Crippen molar-refractivity contribution in [1.29, 1.82) is 0 Å². The normalized spacial score (nSPS) is 22.9. The van der Waals surface area contributed by atoms with Crippen molar-refractivity contribution in [2.24, 2.45) is 5.73 Å². The third-order valence-corrected chi connectivity index (χ3v) is 6.69. The van der Waals surface area contributed by atoms with Gasteiger partial charge in [-0.05, 0) is 46.8 Å². The number of rotatable bonds is 10. The van der Waals surface area contributed by atoms with Crippen molar-refractivity contribution in [2.45, 2.75) is 77.4 Å². The number of methoxy groups -OCH3 is 1. The Hall–Kier alpha value is -2.96. The van der Waals surface area contributed by atoms with Crippen LogP contribution < -0.4 is 11.1 Å². The molecule has 0 spiro atoms. The average Bonchev–Trinajstić information content (AvgIpc) is 3.43. The van der Waals surface area contributed by atoms with Crippen LogP contribution in [0.25, 0.3) is 11.2 Å². The van der Waals surface area contributed by atoms with Gasteiger partial charge in [-0.2, -0.15) is 0 Å². The average molecular weight is 512 g/mol. The molecule has 4 rings (SSSR count). The molecule has 200 valence electrons. The topological polar surface area (TPSA) is 130 Å². The van der Waals surface area contributed by atoms with Gasteiger partial charge in [-0.25, -0.2) is 15.0 Å². The molecule has 5 atom stereocenters. The van der Waals surface area contributed by atoms with Crippen molar-refractivity contribution < 1.29 is 19.0 Å². The molecule has 11 nitrogen and oxygen atoms in total. The lowest BCUT2D eigenvalue weighted by molar-refractivity contribution is -0.119. The van der Waals surface area contributed by atoms with Crippen molar-refractivity contribution in [2.75, 3.05) is 19.0 Å². The number of hydrogen-bond donors (Lipinski definition) is 2. The van der Waals surface area contributed by atoms with E-state index in [9.17, 15) is 4.79 Å². The number of aromatic nitrogens is 4. The number of nitrogens with one attached hydrogen (secondary N) is 1. The molecule has 1 saturated heterocycles. The predicted molar refractivity (Wildman–Crippen MR) is 140 cm³/mol. The van der Waals surface area contributed by atoms with Crippen molar-refractivity contribution in [3.05, 3.63) is 48.5 Å². The zero-order chi connectivity index (χ0) is 26.7. The lowest BCUT2D eigenvalue weighted by Gasteiger charge is -2.36. The molecular formula is C26H37N7O4. The largest absolute Gasteiger partial charge is 0.375 e. The number of fused-ring (bicyclic) bond motifs is 1. The van der Waals surface area contributed by atoms with E-state index in [1.807, 2.05) is 13.0 Å². The molecule has 3 heterocycles. The fourth-order valence-corrected chi connectivity index (χ4v) is 5.05. The molecule has 37 heavy (non-hydrogen) atoms. The molecular weight excluding hydrogens is 474 g/mol. The van der Waals surface area contributed by atoms with Crippen LogP contribution in [0.5, 0.6) is 0 Å². The highest BCUT2D eigenvalue weighted by Gasteiger charge is 2.45. The molecule has 2 aromatic heterocycles. The van der Waals surface area contributed by atoms with E-state index in [0.29, 0.717) is 41.2 Å². The first-order valence-corrected chi connectivity index (χ1v) is 12.6. The summed E-state index contributed by atoms with van der Waals surface area (Å²) in [6, 6.07) is 9.15. The van der Waals surface area contributed by atoms with Crippen molar-refractivity contribution in [3.63, 3.8) is 0 Å². The highest BCUT2D eigenvalue weighted by Crippen LogP contribution is 2.33. The van der Waals surface area contributed by atoms with Gasteiger partial charge in [0.15, 0.2) is 23.2 Å². The summed E-state index contributed by atoms with van der Waals surface area (Å²) >= 11 is 0. The summed E-state index contributed by atoms with van der Waals surface area (Å²) in [6.07, 6.45) is 1.46. The Kier molecular flexibility index (Phi) is 8.50. The van der Waals surface area contributed by atoms with E-state index in [4.69, 9.17) is 19.9 Å². The molecule has 0 radical (unpaired) electrons. The molecule has 3 aromatic rings. The standard InChI is InChI=1S/C26H37N7O4/c1-15(2)33(16(3)4)17(5)36-12-19-20(27)22(35-6)26(37-19)32-14-30-21-23(28-13-29-24(21)32)31-25(34)18-10-8-7-9-11-18/h7-11,13-17,19-20,22,26H,12,27H2,1-6H3,(H,28,29,31,34)/t17?,19-,20+,22?,26-/m1/s1. The van der Waals surface area contributed by atoms with Crippen molar-refractivity contribution >= 4 is 22.9 Å². The van der Waals surface area contributed by atoms with Crippen LogP contribution in [0.3, 0.4) is 0 Å². The van der Waals surface area contributed by atoms with Crippen LogP contribution in [0.1, 0.15) is 51.2 Å². The summed E-state index contributed by atoms with van der Waals surface area (Å²) in [6.45, 7) is 11.0. The number of ether oxygens (including phenoxy) is 3. The number of nitrogens with zero attached hydrogens (tertiary/aromatic N) is 5. The monoisotopic (exact) mass is 511 g/mol. The lowest BCUT2D eigenvalue weighted by atomic mass is 10.1. The second kappa shape index (κ2) is 11.6. The first-order chi connectivity index (χ1) is 17.7. The van der Waals surface area contributed by atoms with Gasteiger partial charge in [-0.3, -0.25) is 14.3 Å². The van der Waals surface area contributed by atoms with Crippen LogP contribution >= 0.6 is 0 Å². The number of carbonyl (C=O) groups excluding carboxylic acids is 1. The van der Waals surface area contributed by atoms with Crippen LogP contribution in [-0.4, -0.2) is 80.6 Å². The Morgan fingerprint density at radius 1 is 1.14 bits per heavy atom. The minimum absolute atomic E-state index is 0.103. The minimum atomic E-state index is -0.576. The van der Waals surface area contributed by atoms with Gasteiger partial charge in [0.1, 0.15) is 24.8 Å². The smallest absolute Gasteiger partial charge is 0.256 e. The van der Waals surface area contributed by atoms with Gasteiger partial charge in [-0.1, -0.05) is 18.2 Å². The Bertz CT molecular complexity index is 1180. The second-order valence-corrected chi connectivity index (χ2v) is 9.78. The van der Waals surface area contributed by atoms with Gasteiger partial charge in [0.25, 0.3) is 5.91 Å². The van der Waals surface area contributed by atoms with Gasteiger partial charge >= 0.3 is 0 Å². The summed E-state index contributed by atoms with van der Waals surface area (Å²) in [5.74, 6) is 0.0252.